The van der Waals surface area contributed by atoms with E-state index in [0.29, 0.717) is 12.5 Å². The van der Waals surface area contributed by atoms with Gasteiger partial charge < -0.3 is 15.1 Å². The number of rotatable bonds is 6. The summed E-state index contributed by atoms with van der Waals surface area (Å²) in [6.07, 6.45) is 2.70. The highest BCUT2D eigenvalue weighted by molar-refractivity contribution is 5.76. The molecule has 0 radical (unpaired) electrons. The average Bonchev–Trinajstić information content (AvgIpc) is 2.38. The van der Waals surface area contributed by atoms with Crippen LogP contribution >= 0.6 is 0 Å². The van der Waals surface area contributed by atoms with Crippen molar-refractivity contribution in [3.63, 3.8) is 0 Å². The van der Waals surface area contributed by atoms with Gasteiger partial charge in [-0.3, -0.25) is 4.79 Å². The van der Waals surface area contributed by atoms with Crippen LogP contribution in [-0.4, -0.2) is 61.5 Å². The molecule has 0 aliphatic carbocycles. The van der Waals surface area contributed by atoms with E-state index in [-0.39, 0.29) is 5.91 Å². The van der Waals surface area contributed by atoms with Crippen molar-refractivity contribution in [3.8, 4) is 0 Å². The fourth-order valence-corrected chi connectivity index (χ4v) is 2.08. The first-order valence-corrected chi connectivity index (χ1v) is 6.84. The lowest BCUT2D eigenvalue weighted by atomic mass is 10.2. The van der Waals surface area contributed by atoms with Gasteiger partial charge >= 0.3 is 0 Å². The molecular formula is C13H27N3O. The van der Waals surface area contributed by atoms with Gasteiger partial charge in [0.2, 0.25) is 5.91 Å². The molecule has 1 unspecified atom stereocenters. The van der Waals surface area contributed by atoms with Crippen LogP contribution in [0.5, 0.6) is 0 Å². The van der Waals surface area contributed by atoms with E-state index in [1.165, 1.54) is 0 Å². The molecule has 1 atom stereocenters. The molecular weight excluding hydrogens is 214 g/mol. The van der Waals surface area contributed by atoms with Crippen molar-refractivity contribution in [2.45, 2.75) is 39.2 Å². The molecule has 1 aliphatic heterocycles. The summed E-state index contributed by atoms with van der Waals surface area (Å²) >= 11 is 0. The second kappa shape index (κ2) is 7.67. The summed E-state index contributed by atoms with van der Waals surface area (Å²) in [7, 11) is 1.92. The first-order valence-electron chi connectivity index (χ1n) is 6.84. The molecule has 4 heteroatoms. The zero-order valence-electron chi connectivity index (χ0n) is 11.5. The third-order valence-corrected chi connectivity index (χ3v) is 3.72. The van der Waals surface area contributed by atoms with Crippen molar-refractivity contribution in [3.05, 3.63) is 0 Å². The van der Waals surface area contributed by atoms with Gasteiger partial charge in [-0.1, -0.05) is 6.92 Å². The Labute approximate surface area is 105 Å². The SMILES string of the molecule is CCC(C)N(C)C(=O)CCCN1CCNCC1. The number of carbonyl (C=O) groups excluding carboxylic acids is 1. The number of amides is 1. The fourth-order valence-electron chi connectivity index (χ4n) is 2.08. The Morgan fingerprint density at radius 1 is 1.41 bits per heavy atom. The van der Waals surface area contributed by atoms with E-state index in [0.717, 1.165) is 45.6 Å². The van der Waals surface area contributed by atoms with E-state index < -0.39 is 0 Å². The van der Waals surface area contributed by atoms with Crippen LogP contribution in [0.15, 0.2) is 0 Å². The van der Waals surface area contributed by atoms with Gasteiger partial charge in [0.25, 0.3) is 0 Å². The molecule has 1 N–H and O–H groups in total. The smallest absolute Gasteiger partial charge is 0.222 e. The van der Waals surface area contributed by atoms with Crippen LogP contribution in [0, 0.1) is 0 Å². The average molecular weight is 241 g/mol. The second-order valence-electron chi connectivity index (χ2n) is 4.96. The summed E-state index contributed by atoms with van der Waals surface area (Å²) in [6.45, 7) is 9.69. The normalized spacial score (nSPS) is 19.0. The molecule has 100 valence electrons. The van der Waals surface area contributed by atoms with Crippen molar-refractivity contribution in [1.82, 2.24) is 15.1 Å². The van der Waals surface area contributed by atoms with Crippen molar-refractivity contribution >= 4 is 5.91 Å². The maximum Gasteiger partial charge on any atom is 0.222 e. The lowest BCUT2D eigenvalue weighted by Crippen LogP contribution is -2.44. The van der Waals surface area contributed by atoms with Gasteiger partial charge in [-0.05, 0) is 26.3 Å². The lowest BCUT2D eigenvalue weighted by Gasteiger charge is -2.28. The first kappa shape index (κ1) is 14.5. The minimum Gasteiger partial charge on any atom is -0.343 e. The van der Waals surface area contributed by atoms with Crippen LogP contribution < -0.4 is 5.32 Å². The minimum absolute atomic E-state index is 0.287. The van der Waals surface area contributed by atoms with Crippen LogP contribution in [0.1, 0.15) is 33.1 Å². The van der Waals surface area contributed by atoms with Gasteiger partial charge in [0, 0.05) is 45.7 Å². The van der Waals surface area contributed by atoms with Gasteiger partial charge in [-0.15, -0.1) is 0 Å². The van der Waals surface area contributed by atoms with Crippen LogP contribution in [0.2, 0.25) is 0 Å². The maximum atomic E-state index is 11.9. The number of hydrogen-bond donors (Lipinski definition) is 1. The molecule has 1 aliphatic rings. The van der Waals surface area contributed by atoms with Gasteiger partial charge in [0.05, 0.1) is 0 Å². The van der Waals surface area contributed by atoms with E-state index in [2.05, 4.69) is 24.1 Å². The third-order valence-electron chi connectivity index (χ3n) is 3.72. The number of nitrogens with one attached hydrogen (secondary N) is 1. The molecule has 0 aromatic heterocycles. The molecule has 4 nitrogen and oxygen atoms in total. The highest BCUT2D eigenvalue weighted by atomic mass is 16.2. The largest absolute Gasteiger partial charge is 0.343 e. The van der Waals surface area contributed by atoms with Crippen LogP contribution in [0.4, 0.5) is 0 Å². The summed E-state index contributed by atoms with van der Waals surface area (Å²) in [4.78, 5) is 16.2. The maximum absolute atomic E-state index is 11.9. The molecule has 0 aromatic carbocycles. The Bertz CT molecular complexity index is 227. The number of hydrogen-bond acceptors (Lipinski definition) is 3. The standard InChI is InChI=1S/C13H27N3O/c1-4-12(2)15(3)13(17)6-5-9-16-10-7-14-8-11-16/h12,14H,4-11H2,1-3H3. The highest BCUT2D eigenvalue weighted by Gasteiger charge is 2.14. The van der Waals surface area contributed by atoms with Crippen molar-refractivity contribution < 1.29 is 4.79 Å². The van der Waals surface area contributed by atoms with Gasteiger partial charge in [0.15, 0.2) is 0 Å². The molecule has 1 rings (SSSR count). The van der Waals surface area contributed by atoms with Gasteiger partial charge in [-0.2, -0.15) is 0 Å². The van der Waals surface area contributed by atoms with Gasteiger partial charge in [0.1, 0.15) is 0 Å². The Balaban J connectivity index is 2.14. The third kappa shape index (κ3) is 5.04. The predicted molar refractivity (Wildman–Crippen MR) is 71.1 cm³/mol. The van der Waals surface area contributed by atoms with E-state index in [4.69, 9.17) is 0 Å². The molecule has 1 saturated heterocycles. The Kier molecular flexibility index (Phi) is 6.52. The number of nitrogens with zero attached hydrogens (tertiary/aromatic N) is 2. The van der Waals surface area contributed by atoms with Crippen molar-refractivity contribution in [2.24, 2.45) is 0 Å². The van der Waals surface area contributed by atoms with E-state index in [1.54, 1.807) is 0 Å². The van der Waals surface area contributed by atoms with E-state index in [9.17, 15) is 4.79 Å². The lowest BCUT2D eigenvalue weighted by molar-refractivity contribution is -0.131. The Morgan fingerprint density at radius 3 is 2.65 bits per heavy atom. The van der Waals surface area contributed by atoms with Gasteiger partial charge in [-0.25, -0.2) is 0 Å². The van der Waals surface area contributed by atoms with Crippen molar-refractivity contribution in [2.75, 3.05) is 39.8 Å². The Morgan fingerprint density at radius 2 is 2.06 bits per heavy atom. The summed E-state index contributed by atoms with van der Waals surface area (Å²) < 4.78 is 0. The molecule has 0 aromatic rings. The van der Waals surface area contributed by atoms with Crippen LogP contribution in [-0.2, 0) is 4.79 Å². The summed E-state index contributed by atoms with van der Waals surface area (Å²) in [6, 6.07) is 0.363. The Hall–Kier alpha value is -0.610. The molecule has 1 fully saturated rings. The van der Waals surface area contributed by atoms with Crippen molar-refractivity contribution in [1.29, 1.82) is 0 Å². The van der Waals surface area contributed by atoms with E-state index in [1.807, 2.05) is 11.9 Å². The molecule has 1 heterocycles. The first-order chi connectivity index (χ1) is 8.15. The summed E-state index contributed by atoms with van der Waals surface area (Å²) in [5.74, 6) is 0.287. The molecule has 1 amide bonds. The second-order valence-corrected chi connectivity index (χ2v) is 4.96. The predicted octanol–water partition coefficient (Wildman–Crippen LogP) is 0.929. The molecule has 17 heavy (non-hydrogen) atoms. The highest BCUT2D eigenvalue weighted by Crippen LogP contribution is 2.05. The number of carbonyl (C=O) groups is 1. The fraction of sp³-hybridized carbons (Fsp3) is 0.923. The summed E-state index contributed by atoms with van der Waals surface area (Å²) in [5.41, 5.74) is 0. The summed E-state index contributed by atoms with van der Waals surface area (Å²) in [5, 5.41) is 3.34. The zero-order chi connectivity index (χ0) is 12.7. The zero-order valence-corrected chi connectivity index (χ0v) is 11.5. The monoisotopic (exact) mass is 241 g/mol. The van der Waals surface area contributed by atoms with Crippen LogP contribution in [0.3, 0.4) is 0 Å². The van der Waals surface area contributed by atoms with E-state index >= 15 is 0 Å². The minimum atomic E-state index is 0.287. The topological polar surface area (TPSA) is 35.6 Å². The molecule has 0 saturated carbocycles. The van der Waals surface area contributed by atoms with Crippen LogP contribution in [0.25, 0.3) is 0 Å². The molecule has 0 spiro atoms. The molecule has 0 bridgehead atoms. The number of piperazine rings is 1. The quantitative estimate of drug-likeness (QED) is 0.751.